The number of aromatic carboxylic acids is 1. The van der Waals surface area contributed by atoms with E-state index in [9.17, 15) is 28.2 Å². The highest BCUT2D eigenvalue weighted by Crippen LogP contribution is 2.47. The highest BCUT2D eigenvalue weighted by Gasteiger charge is 2.31. The molecule has 180 valence electrons. The maximum Gasteiger partial charge on any atom is 0.335 e. The van der Waals surface area contributed by atoms with Gasteiger partial charge in [-0.1, -0.05) is 6.07 Å². The van der Waals surface area contributed by atoms with Crippen LogP contribution in [0.1, 0.15) is 34.8 Å². The molecule has 3 aromatic carbocycles. The maximum atomic E-state index is 15.3. The monoisotopic (exact) mass is 485 g/mol. The van der Waals surface area contributed by atoms with E-state index in [1.165, 1.54) is 22.8 Å². The van der Waals surface area contributed by atoms with E-state index >= 15 is 4.39 Å². The Balaban J connectivity index is 1.92. The van der Waals surface area contributed by atoms with Crippen LogP contribution in [-0.4, -0.2) is 34.0 Å². The number of carboxylic acids is 1. The summed E-state index contributed by atoms with van der Waals surface area (Å²) in [7, 11) is 0. The molecule has 2 N–H and O–H groups in total. The zero-order valence-corrected chi connectivity index (χ0v) is 18.2. The summed E-state index contributed by atoms with van der Waals surface area (Å²) < 4.78 is 64.8. The van der Waals surface area contributed by atoms with E-state index in [1.807, 2.05) is 0 Å². The van der Waals surface area contributed by atoms with Crippen molar-refractivity contribution in [1.82, 2.24) is 4.57 Å². The van der Waals surface area contributed by atoms with Crippen molar-refractivity contribution in [1.29, 1.82) is 0 Å². The van der Waals surface area contributed by atoms with E-state index in [4.69, 9.17) is 4.74 Å². The number of rotatable bonds is 4. The minimum absolute atomic E-state index is 0.00951. The van der Waals surface area contributed by atoms with Crippen molar-refractivity contribution in [2.24, 2.45) is 0 Å². The first-order chi connectivity index (χ1) is 16.8. The van der Waals surface area contributed by atoms with Crippen LogP contribution in [0.4, 0.5) is 17.6 Å². The lowest BCUT2D eigenvalue weighted by atomic mass is 9.89. The van der Waals surface area contributed by atoms with Crippen molar-refractivity contribution >= 4 is 16.9 Å². The quantitative estimate of drug-likeness (QED) is 0.340. The van der Waals surface area contributed by atoms with E-state index in [0.29, 0.717) is 31.7 Å². The van der Waals surface area contributed by atoms with Gasteiger partial charge >= 0.3 is 5.97 Å². The molecule has 0 saturated carbocycles. The van der Waals surface area contributed by atoms with Gasteiger partial charge in [-0.15, -0.1) is 0 Å². The van der Waals surface area contributed by atoms with Crippen LogP contribution in [0.25, 0.3) is 27.7 Å². The Morgan fingerprint density at radius 2 is 1.66 bits per heavy atom. The second-order valence-corrected chi connectivity index (χ2v) is 8.40. The number of carbonyl (C=O) groups is 1. The van der Waals surface area contributed by atoms with Crippen molar-refractivity contribution in [3.63, 3.8) is 0 Å². The number of carboxylic acid groups (broad SMARTS) is 1. The highest BCUT2D eigenvalue weighted by molar-refractivity contribution is 6.04. The Labute approximate surface area is 196 Å². The Bertz CT molecular complexity index is 1470. The fraction of sp³-hybridized carbons (Fsp3) is 0.192. The number of phenols is 1. The van der Waals surface area contributed by atoms with Crippen molar-refractivity contribution in [3.8, 4) is 22.6 Å². The van der Waals surface area contributed by atoms with Gasteiger partial charge in [-0.05, 0) is 43.2 Å². The molecule has 1 fully saturated rings. The number of halogens is 4. The zero-order chi connectivity index (χ0) is 24.9. The Morgan fingerprint density at radius 3 is 2.31 bits per heavy atom. The third-order valence-corrected chi connectivity index (χ3v) is 6.30. The molecule has 1 aliphatic heterocycles. The molecule has 35 heavy (non-hydrogen) atoms. The van der Waals surface area contributed by atoms with Crippen molar-refractivity contribution in [2.45, 2.75) is 18.8 Å². The van der Waals surface area contributed by atoms with Gasteiger partial charge in [0.2, 0.25) is 0 Å². The Kier molecular flexibility index (Phi) is 5.72. The molecule has 0 spiro atoms. The van der Waals surface area contributed by atoms with E-state index in [1.54, 1.807) is 0 Å². The van der Waals surface area contributed by atoms with Crippen LogP contribution < -0.4 is 0 Å². The summed E-state index contributed by atoms with van der Waals surface area (Å²) in [6, 6.07) is 8.61. The number of phenolic OH excluding ortho intramolecular Hbond substituents is 1. The normalized spacial score (nSPS) is 14.5. The molecule has 2 heterocycles. The maximum absolute atomic E-state index is 15.3. The SMILES string of the molecule is O=C(O)c1ccc(-c2c(C3CCOCC3)n(-c3ccc(F)c(F)c3)c3cc(F)cc(O)c23)c(F)c1. The lowest BCUT2D eigenvalue weighted by Gasteiger charge is -2.26. The van der Waals surface area contributed by atoms with Crippen molar-refractivity contribution < 1.29 is 37.3 Å². The van der Waals surface area contributed by atoms with Gasteiger partial charge in [-0.2, -0.15) is 0 Å². The van der Waals surface area contributed by atoms with Gasteiger partial charge in [0.05, 0.1) is 16.5 Å². The van der Waals surface area contributed by atoms with Gasteiger partial charge in [-0.3, -0.25) is 0 Å². The smallest absolute Gasteiger partial charge is 0.335 e. The van der Waals surface area contributed by atoms with Crippen molar-refractivity contribution in [2.75, 3.05) is 13.2 Å². The number of fused-ring (bicyclic) bond motifs is 1. The number of ether oxygens (including phenoxy) is 1. The van der Waals surface area contributed by atoms with Gasteiger partial charge in [0.25, 0.3) is 0 Å². The van der Waals surface area contributed by atoms with Gasteiger partial charge in [0, 0.05) is 53.8 Å². The van der Waals surface area contributed by atoms with Crippen LogP contribution in [-0.2, 0) is 4.74 Å². The second-order valence-electron chi connectivity index (χ2n) is 8.40. The lowest BCUT2D eigenvalue weighted by molar-refractivity contribution is 0.0696. The van der Waals surface area contributed by atoms with Gasteiger partial charge in [-0.25, -0.2) is 22.4 Å². The second kappa shape index (κ2) is 8.74. The van der Waals surface area contributed by atoms with Crippen molar-refractivity contribution in [3.05, 3.63) is 83.1 Å². The standard InChI is InChI=1S/C26H19F4NO4/c27-15-10-21-24(22(32)11-15)23(17-3-1-14(26(33)34)9-19(17)29)25(13-5-7-35-8-6-13)31(21)16-2-4-18(28)20(30)12-16/h1-4,9-13,32H,5-8H2,(H,33,34). The first-order valence-electron chi connectivity index (χ1n) is 10.9. The summed E-state index contributed by atoms with van der Waals surface area (Å²) in [5, 5.41) is 20.1. The average Bonchev–Trinajstić information content (AvgIpc) is 3.16. The molecule has 0 amide bonds. The molecule has 5 rings (SSSR count). The number of hydrogen-bond donors (Lipinski definition) is 2. The topological polar surface area (TPSA) is 71.7 Å². The number of aromatic hydroxyl groups is 1. The molecule has 0 unspecified atom stereocenters. The molecule has 0 aliphatic carbocycles. The third kappa shape index (κ3) is 3.91. The molecule has 9 heteroatoms. The zero-order valence-electron chi connectivity index (χ0n) is 18.2. The van der Waals surface area contributed by atoms with Gasteiger partial charge < -0.3 is 19.5 Å². The minimum atomic E-state index is -1.31. The number of aromatic nitrogens is 1. The van der Waals surface area contributed by atoms with E-state index in [0.717, 1.165) is 30.3 Å². The summed E-state index contributed by atoms with van der Waals surface area (Å²) in [6.45, 7) is 0.786. The summed E-state index contributed by atoms with van der Waals surface area (Å²) in [5.74, 6) is -5.86. The number of hydrogen-bond acceptors (Lipinski definition) is 3. The van der Waals surface area contributed by atoms with Crippen LogP contribution in [0.15, 0.2) is 48.5 Å². The van der Waals surface area contributed by atoms with Gasteiger partial charge in [0.15, 0.2) is 11.6 Å². The van der Waals surface area contributed by atoms with E-state index in [-0.39, 0.29) is 39.2 Å². The average molecular weight is 485 g/mol. The number of nitrogens with zero attached hydrogens (tertiary/aromatic N) is 1. The molecule has 1 aliphatic rings. The third-order valence-electron chi connectivity index (χ3n) is 6.30. The molecule has 1 aromatic heterocycles. The summed E-state index contributed by atoms with van der Waals surface area (Å²) in [4.78, 5) is 11.3. The predicted molar refractivity (Wildman–Crippen MR) is 120 cm³/mol. The molecule has 4 aromatic rings. The highest BCUT2D eigenvalue weighted by atomic mass is 19.2. The minimum Gasteiger partial charge on any atom is -0.507 e. The van der Waals surface area contributed by atoms with Crippen LogP contribution >= 0.6 is 0 Å². The summed E-state index contributed by atoms with van der Waals surface area (Å²) in [6.07, 6.45) is 1.01. The van der Waals surface area contributed by atoms with Crippen LogP contribution in [0.5, 0.6) is 5.75 Å². The summed E-state index contributed by atoms with van der Waals surface area (Å²) in [5.41, 5.74) is 0.699. The van der Waals surface area contributed by atoms with Crippen LogP contribution in [0, 0.1) is 23.3 Å². The first-order valence-corrected chi connectivity index (χ1v) is 10.9. The fourth-order valence-electron chi connectivity index (χ4n) is 4.76. The molecular formula is C26H19F4NO4. The van der Waals surface area contributed by atoms with Gasteiger partial charge in [0.1, 0.15) is 17.4 Å². The fourth-order valence-corrected chi connectivity index (χ4v) is 4.76. The predicted octanol–water partition coefficient (Wildman–Crippen LogP) is 6.15. The van der Waals surface area contributed by atoms with E-state index < -0.39 is 35.0 Å². The Morgan fingerprint density at radius 1 is 0.914 bits per heavy atom. The van der Waals surface area contributed by atoms with Crippen LogP contribution in [0.2, 0.25) is 0 Å². The molecule has 0 radical (unpaired) electrons. The largest absolute Gasteiger partial charge is 0.507 e. The molecule has 0 bridgehead atoms. The molecule has 0 atom stereocenters. The summed E-state index contributed by atoms with van der Waals surface area (Å²) >= 11 is 0. The Hall–Kier alpha value is -3.85. The first kappa shape index (κ1) is 22.9. The van der Waals surface area contributed by atoms with Crippen LogP contribution in [0.3, 0.4) is 0 Å². The van der Waals surface area contributed by atoms with E-state index in [2.05, 4.69) is 0 Å². The lowest BCUT2D eigenvalue weighted by Crippen LogP contribution is -2.17. The number of benzene rings is 3. The molecular weight excluding hydrogens is 466 g/mol. The molecule has 1 saturated heterocycles. The molecule has 5 nitrogen and oxygen atoms in total.